The van der Waals surface area contributed by atoms with Crippen molar-refractivity contribution in [3.8, 4) is 0 Å². The minimum absolute atomic E-state index is 0.0429. The first-order valence-corrected chi connectivity index (χ1v) is 19.4. The second-order valence-electron chi connectivity index (χ2n) is 13.4. The summed E-state index contributed by atoms with van der Waals surface area (Å²) in [5.41, 5.74) is 0. The van der Waals surface area contributed by atoms with Gasteiger partial charge in [-0.1, -0.05) is 51.7 Å². The molecule has 0 radical (unpaired) electrons. The second kappa shape index (κ2) is 18.5. The Balaban J connectivity index is 1.92. The zero-order valence-electron chi connectivity index (χ0n) is 27.1. The summed E-state index contributed by atoms with van der Waals surface area (Å²) in [6, 6.07) is 0. The molecule has 0 aromatic carbocycles. The summed E-state index contributed by atoms with van der Waals surface area (Å²) in [6.07, 6.45) is 18.3. The average Bonchev–Trinajstić information content (AvgIpc) is 3.21. The highest BCUT2D eigenvalue weighted by atomic mass is 35.5. The first-order valence-electron chi connectivity index (χ1n) is 16.1. The van der Waals surface area contributed by atoms with E-state index in [1.165, 1.54) is 0 Å². The summed E-state index contributed by atoms with van der Waals surface area (Å²) >= 11 is 6.88. The Morgan fingerprint density at radius 1 is 1.14 bits per heavy atom. The first-order chi connectivity index (χ1) is 19.8. The normalized spacial score (nSPS) is 26.1. The van der Waals surface area contributed by atoms with Gasteiger partial charge >= 0.3 is 5.97 Å². The van der Waals surface area contributed by atoms with Crippen LogP contribution in [0.4, 0.5) is 0 Å². The van der Waals surface area contributed by atoms with Crippen molar-refractivity contribution in [1.29, 1.82) is 0 Å². The highest BCUT2D eigenvalue weighted by Crippen LogP contribution is 2.42. The van der Waals surface area contributed by atoms with E-state index in [9.17, 15) is 9.59 Å². The monoisotopic (exact) mass is 624 g/mol. The molecule has 1 heterocycles. The van der Waals surface area contributed by atoms with Crippen LogP contribution in [0.2, 0.25) is 18.1 Å². The molecule has 1 saturated heterocycles. The molecule has 0 aromatic heterocycles. The van der Waals surface area contributed by atoms with Crippen molar-refractivity contribution in [2.75, 3.05) is 13.2 Å². The topological polar surface area (TPSA) is 71.1 Å². The fourth-order valence-electron chi connectivity index (χ4n) is 5.37. The van der Waals surface area contributed by atoms with Gasteiger partial charge in [-0.2, -0.15) is 0 Å². The van der Waals surface area contributed by atoms with E-state index in [-0.39, 0.29) is 59.1 Å². The molecule has 0 aromatic rings. The van der Waals surface area contributed by atoms with Crippen molar-refractivity contribution in [3.05, 3.63) is 37.0 Å². The van der Waals surface area contributed by atoms with Crippen LogP contribution in [-0.4, -0.2) is 57.2 Å². The van der Waals surface area contributed by atoms with Gasteiger partial charge in [-0.15, -0.1) is 11.6 Å². The molecule has 1 unspecified atom stereocenters. The van der Waals surface area contributed by atoms with Crippen molar-refractivity contribution >= 4 is 31.7 Å². The average molecular weight is 625 g/mol. The number of halogens is 1. The predicted molar refractivity (Wildman–Crippen MR) is 174 cm³/mol. The van der Waals surface area contributed by atoms with Gasteiger partial charge in [-0.25, -0.2) is 0 Å². The van der Waals surface area contributed by atoms with Crippen molar-refractivity contribution in [2.24, 2.45) is 11.8 Å². The molecule has 0 bridgehead atoms. The Morgan fingerprint density at radius 3 is 2.57 bits per heavy atom. The fraction of sp³-hybridized carbons (Fsp3) is 0.765. The summed E-state index contributed by atoms with van der Waals surface area (Å²) in [5.74, 6) is 0.146. The van der Waals surface area contributed by atoms with Crippen LogP contribution in [0, 0.1) is 11.8 Å². The lowest BCUT2D eigenvalue weighted by Gasteiger charge is -2.38. The highest BCUT2D eigenvalue weighted by molar-refractivity contribution is 6.74. The summed E-state index contributed by atoms with van der Waals surface area (Å²) in [7, 11) is -1.81. The molecule has 8 heteroatoms. The lowest BCUT2D eigenvalue weighted by atomic mass is 9.90. The molecule has 2 aliphatic rings. The second-order valence-corrected chi connectivity index (χ2v) is 18.8. The smallest absolute Gasteiger partial charge is 0.306 e. The molecular weight excluding hydrogens is 568 g/mol. The zero-order valence-corrected chi connectivity index (χ0v) is 28.8. The summed E-state index contributed by atoms with van der Waals surface area (Å²) in [6.45, 7) is 18.0. The van der Waals surface area contributed by atoms with Gasteiger partial charge in [-0.3, -0.25) is 9.59 Å². The van der Waals surface area contributed by atoms with E-state index in [4.69, 9.17) is 30.2 Å². The number of allylic oxidation sites excluding steroid dienone is 3. The van der Waals surface area contributed by atoms with Crippen LogP contribution in [-0.2, 0) is 28.2 Å². The van der Waals surface area contributed by atoms with E-state index < -0.39 is 8.32 Å². The maximum atomic E-state index is 12.9. The maximum Gasteiger partial charge on any atom is 0.306 e. The van der Waals surface area contributed by atoms with E-state index >= 15 is 0 Å². The number of ether oxygens (including phenoxy) is 3. The van der Waals surface area contributed by atoms with Gasteiger partial charge in [0.05, 0.1) is 6.10 Å². The molecule has 1 saturated carbocycles. The van der Waals surface area contributed by atoms with Gasteiger partial charge < -0.3 is 18.6 Å². The molecule has 42 heavy (non-hydrogen) atoms. The van der Waals surface area contributed by atoms with E-state index in [1.54, 1.807) is 12.2 Å². The highest BCUT2D eigenvalue weighted by Gasteiger charge is 2.42. The Labute approximate surface area is 261 Å². The summed E-state index contributed by atoms with van der Waals surface area (Å²) in [5, 5.41) is 0.128. The third-order valence-electron chi connectivity index (χ3n) is 8.84. The van der Waals surface area contributed by atoms with E-state index in [2.05, 4.69) is 59.5 Å². The van der Waals surface area contributed by atoms with Gasteiger partial charge in [0.15, 0.2) is 20.4 Å². The number of hydrogen-bond acceptors (Lipinski definition) is 6. The molecule has 6 nitrogen and oxygen atoms in total. The van der Waals surface area contributed by atoms with E-state index in [0.717, 1.165) is 64.4 Å². The number of esters is 1. The third kappa shape index (κ3) is 13.2. The van der Waals surface area contributed by atoms with Crippen LogP contribution in [0.1, 0.15) is 98.3 Å². The number of rotatable bonds is 18. The SMILES string of the molecule is C=CCOC(=O)CCC/C=C\C[C@@H]1[C@@H](/C=C/C(=O)CCC[C@@H](C)O[Si](C)(C)C(C)(C)C)[C@H](OC2CCCCO2)C[C@H]1Cl. The lowest BCUT2D eigenvalue weighted by molar-refractivity contribution is -0.192. The van der Waals surface area contributed by atoms with Gasteiger partial charge in [-0.05, 0) is 94.8 Å². The zero-order chi connectivity index (χ0) is 31.2. The van der Waals surface area contributed by atoms with Crippen LogP contribution >= 0.6 is 11.6 Å². The Kier molecular flexibility index (Phi) is 16.3. The summed E-state index contributed by atoms with van der Waals surface area (Å²) in [4.78, 5) is 24.6. The lowest BCUT2D eigenvalue weighted by Crippen LogP contribution is -2.43. The van der Waals surface area contributed by atoms with Crippen LogP contribution in [0.5, 0.6) is 0 Å². The van der Waals surface area contributed by atoms with Crippen molar-refractivity contribution in [3.63, 3.8) is 0 Å². The molecule has 6 atom stereocenters. The molecule has 0 amide bonds. The summed E-state index contributed by atoms with van der Waals surface area (Å²) < 4.78 is 23.8. The van der Waals surface area contributed by atoms with Crippen LogP contribution in [0.25, 0.3) is 0 Å². The number of alkyl halides is 1. The van der Waals surface area contributed by atoms with Crippen LogP contribution in [0.15, 0.2) is 37.0 Å². The molecule has 2 rings (SSSR count). The quantitative estimate of drug-likeness (QED) is 0.0379. The largest absolute Gasteiger partial charge is 0.461 e. The van der Waals surface area contributed by atoms with Crippen LogP contribution < -0.4 is 0 Å². The van der Waals surface area contributed by atoms with Gasteiger partial charge in [0, 0.05) is 36.8 Å². The molecular formula is C34H57ClO6Si. The van der Waals surface area contributed by atoms with Crippen molar-refractivity contribution < 1.29 is 28.2 Å². The molecule has 1 aliphatic carbocycles. The fourth-order valence-corrected chi connectivity index (χ4v) is 7.29. The number of unbranched alkanes of at least 4 members (excludes halogenated alkanes) is 1. The van der Waals surface area contributed by atoms with E-state index in [0.29, 0.717) is 12.8 Å². The molecule has 0 N–H and O–H groups in total. The van der Waals surface area contributed by atoms with Crippen LogP contribution in [0.3, 0.4) is 0 Å². The van der Waals surface area contributed by atoms with E-state index in [1.807, 2.05) is 6.08 Å². The Hall–Kier alpha value is -1.25. The number of ketones is 1. The molecule has 2 fully saturated rings. The maximum absolute atomic E-state index is 12.9. The van der Waals surface area contributed by atoms with Gasteiger partial charge in [0.1, 0.15) is 6.61 Å². The molecule has 0 spiro atoms. The third-order valence-corrected chi connectivity index (χ3v) is 13.9. The number of hydrogen-bond donors (Lipinski definition) is 0. The number of carbonyl (C=O) groups excluding carboxylic acids is 2. The van der Waals surface area contributed by atoms with Crippen molar-refractivity contribution in [1.82, 2.24) is 0 Å². The number of carbonyl (C=O) groups is 2. The standard InChI is InChI=1S/C34H57ClO6Si/c1-8-23-38-32(37)19-12-10-9-11-18-28-29(31(25-30(28)35)40-33-20-13-14-24-39-33)22-21-27(36)17-15-16-26(2)41-42(6,7)34(3,4)5/h8-9,11,21-22,26,28-31,33H,1,10,12-20,23-25H2,2-7H3/b11-9-,22-21+/t26-,28-,29-,30-,31-,33?/m1/s1. The molecule has 1 aliphatic heterocycles. The predicted octanol–water partition coefficient (Wildman–Crippen LogP) is 8.69. The Morgan fingerprint density at radius 2 is 1.90 bits per heavy atom. The first kappa shape index (κ1) is 36.9. The minimum atomic E-state index is -1.81. The minimum Gasteiger partial charge on any atom is -0.461 e. The van der Waals surface area contributed by atoms with Gasteiger partial charge in [0.25, 0.3) is 0 Å². The Bertz CT molecular complexity index is 889. The van der Waals surface area contributed by atoms with Crippen molar-refractivity contribution in [2.45, 2.75) is 140 Å². The molecule has 240 valence electrons. The van der Waals surface area contributed by atoms with Gasteiger partial charge in [0.2, 0.25) is 0 Å².